The summed E-state index contributed by atoms with van der Waals surface area (Å²) in [6.45, 7) is 4.65. The Morgan fingerprint density at radius 1 is 1.12 bits per heavy atom. The number of hydrogen-bond acceptors (Lipinski definition) is 6. The number of nitrogens with one attached hydrogen (secondary N) is 1. The molecule has 2 aromatic carbocycles. The van der Waals surface area contributed by atoms with E-state index in [9.17, 15) is 9.59 Å². The Kier molecular flexibility index (Phi) is 7.21. The highest BCUT2D eigenvalue weighted by molar-refractivity contribution is 7.99. The molecule has 1 aliphatic rings. The van der Waals surface area contributed by atoms with Crippen molar-refractivity contribution >= 4 is 29.3 Å². The van der Waals surface area contributed by atoms with E-state index in [1.165, 1.54) is 11.8 Å². The molecule has 1 aromatic heterocycles. The van der Waals surface area contributed by atoms with E-state index in [2.05, 4.69) is 15.5 Å². The molecule has 2 amide bonds. The topological polar surface area (TPSA) is 89.3 Å². The maximum atomic E-state index is 13.1. The Morgan fingerprint density at radius 2 is 1.85 bits per heavy atom. The number of rotatable bonds is 7. The molecule has 1 fully saturated rings. The summed E-state index contributed by atoms with van der Waals surface area (Å²) in [6.07, 6.45) is 1.75. The van der Waals surface area contributed by atoms with E-state index >= 15 is 0 Å². The van der Waals surface area contributed by atoms with Crippen LogP contribution in [0.25, 0.3) is 0 Å². The van der Waals surface area contributed by atoms with Gasteiger partial charge in [0.05, 0.1) is 24.6 Å². The van der Waals surface area contributed by atoms with Crippen LogP contribution in [-0.4, -0.2) is 50.9 Å². The van der Waals surface area contributed by atoms with Crippen molar-refractivity contribution in [2.24, 2.45) is 7.05 Å². The molecule has 1 atom stereocenters. The molecule has 1 saturated heterocycles. The molecule has 3 aromatic rings. The lowest BCUT2D eigenvalue weighted by molar-refractivity contribution is -0.113. The highest BCUT2D eigenvalue weighted by atomic mass is 32.2. The lowest BCUT2D eigenvalue weighted by Gasteiger charge is -2.24. The molecule has 0 aliphatic carbocycles. The fraction of sp³-hybridized carbons (Fsp3) is 0.360. The minimum absolute atomic E-state index is 0.00572. The van der Waals surface area contributed by atoms with Gasteiger partial charge >= 0.3 is 0 Å². The van der Waals surface area contributed by atoms with Crippen LogP contribution in [-0.2, 0) is 11.8 Å². The molecule has 2 heterocycles. The second kappa shape index (κ2) is 10.3. The van der Waals surface area contributed by atoms with Gasteiger partial charge in [-0.3, -0.25) is 9.59 Å². The molecule has 34 heavy (non-hydrogen) atoms. The van der Waals surface area contributed by atoms with Crippen LogP contribution in [0.2, 0.25) is 0 Å². The van der Waals surface area contributed by atoms with Crippen LogP contribution in [0.3, 0.4) is 0 Å². The quantitative estimate of drug-likeness (QED) is 0.512. The average Bonchev–Trinajstić information content (AvgIpc) is 3.44. The SMILES string of the molecule is COc1ccc(C)cc1NC(=O)CSc1nnc(C2CCCN2C(=O)c2ccc(C)cc2)n1C. The fourth-order valence-corrected chi connectivity index (χ4v) is 4.84. The first-order valence-corrected chi connectivity index (χ1v) is 12.2. The Morgan fingerprint density at radius 3 is 2.59 bits per heavy atom. The minimum atomic E-state index is -0.157. The number of amides is 2. The average molecular weight is 480 g/mol. The third-order valence-electron chi connectivity index (χ3n) is 5.94. The predicted molar refractivity (Wildman–Crippen MR) is 132 cm³/mol. The number of thioether (sulfide) groups is 1. The van der Waals surface area contributed by atoms with Gasteiger partial charge in [0.1, 0.15) is 5.75 Å². The van der Waals surface area contributed by atoms with Crippen molar-refractivity contribution in [2.75, 3.05) is 24.7 Å². The minimum Gasteiger partial charge on any atom is -0.495 e. The molecule has 4 rings (SSSR count). The maximum Gasteiger partial charge on any atom is 0.254 e. The first kappa shape index (κ1) is 23.8. The Balaban J connectivity index is 1.42. The Labute approximate surface area is 203 Å². The standard InChI is InChI=1S/C25H29N5O3S/c1-16-7-10-18(11-8-16)24(32)30-13-5-6-20(30)23-27-28-25(29(23)3)34-15-22(31)26-19-14-17(2)9-12-21(19)33-4/h7-12,14,20H,5-6,13,15H2,1-4H3,(H,26,31). The molecule has 0 saturated carbocycles. The molecule has 8 nitrogen and oxygen atoms in total. The summed E-state index contributed by atoms with van der Waals surface area (Å²) >= 11 is 1.31. The summed E-state index contributed by atoms with van der Waals surface area (Å²) in [5.74, 6) is 1.38. The summed E-state index contributed by atoms with van der Waals surface area (Å²) in [7, 11) is 3.46. The van der Waals surface area contributed by atoms with Crippen LogP contribution < -0.4 is 10.1 Å². The lowest BCUT2D eigenvalue weighted by Crippen LogP contribution is -2.31. The number of aromatic nitrogens is 3. The van der Waals surface area contributed by atoms with E-state index in [0.29, 0.717) is 28.7 Å². The van der Waals surface area contributed by atoms with Crippen LogP contribution in [0, 0.1) is 13.8 Å². The molecule has 178 valence electrons. The first-order chi connectivity index (χ1) is 16.4. The maximum absolute atomic E-state index is 13.1. The summed E-state index contributed by atoms with van der Waals surface area (Å²) in [5, 5.41) is 12.2. The second-order valence-corrected chi connectivity index (χ2v) is 9.41. The number of hydrogen-bond donors (Lipinski definition) is 1. The van der Waals surface area contributed by atoms with Gasteiger partial charge in [0.25, 0.3) is 5.91 Å². The zero-order chi connectivity index (χ0) is 24.2. The highest BCUT2D eigenvalue weighted by Crippen LogP contribution is 2.33. The second-order valence-electron chi connectivity index (χ2n) is 8.46. The monoisotopic (exact) mass is 479 g/mol. The number of nitrogens with zero attached hydrogens (tertiary/aromatic N) is 4. The number of anilines is 1. The van der Waals surface area contributed by atoms with Gasteiger partial charge in [-0.25, -0.2) is 0 Å². The van der Waals surface area contributed by atoms with Gasteiger partial charge in [-0.2, -0.15) is 0 Å². The number of carbonyl (C=O) groups is 2. The Bertz CT molecular complexity index is 1190. The molecule has 1 aliphatic heterocycles. The zero-order valence-electron chi connectivity index (χ0n) is 19.9. The van der Waals surface area contributed by atoms with E-state index in [4.69, 9.17) is 4.74 Å². The summed E-state index contributed by atoms with van der Waals surface area (Å²) in [4.78, 5) is 27.6. The van der Waals surface area contributed by atoms with Gasteiger partial charge in [-0.05, 0) is 56.5 Å². The predicted octanol–water partition coefficient (Wildman–Crippen LogP) is 4.15. The molecule has 0 radical (unpaired) electrons. The molecule has 0 bridgehead atoms. The summed E-state index contributed by atoms with van der Waals surface area (Å²) < 4.78 is 7.22. The van der Waals surface area contributed by atoms with Crippen molar-refractivity contribution in [3.63, 3.8) is 0 Å². The van der Waals surface area contributed by atoms with Gasteiger partial charge in [0.15, 0.2) is 11.0 Å². The van der Waals surface area contributed by atoms with Crippen LogP contribution in [0.4, 0.5) is 5.69 Å². The number of aryl methyl sites for hydroxylation is 2. The first-order valence-electron chi connectivity index (χ1n) is 11.2. The van der Waals surface area contributed by atoms with Crippen LogP contribution in [0.1, 0.15) is 46.2 Å². The molecule has 0 spiro atoms. The molecular weight excluding hydrogens is 450 g/mol. The van der Waals surface area contributed by atoms with E-state index in [1.807, 2.05) is 72.8 Å². The van der Waals surface area contributed by atoms with Crippen molar-refractivity contribution in [3.05, 3.63) is 65.0 Å². The summed E-state index contributed by atoms with van der Waals surface area (Å²) in [5.41, 5.74) is 3.47. The fourth-order valence-electron chi connectivity index (χ4n) is 4.12. The van der Waals surface area contributed by atoms with Gasteiger partial charge in [-0.1, -0.05) is 35.5 Å². The number of benzene rings is 2. The zero-order valence-corrected chi connectivity index (χ0v) is 20.7. The largest absolute Gasteiger partial charge is 0.495 e. The van der Waals surface area contributed by atoms with Gasteiger partial charge < -0.3 is 19.5 Å². The van der Waals surface area contributed by atoms with E-state index in [0.717, 1.165) is 29.8 Å². The number of ether oxygens (including phenoxy) is 1. The number of carbonyl (C=O) groups excluding carboxylic acids is 2. The number of likely N-dealkylation sites (tertiary alicyclic amines) is 1. The van der Waals surface area contributed by atoms with Crippen LogP contribution in [0.15, 0.2) is 47.6 Å². The summed E-state index contributed by atoms with van der Waals surface area (Å²) in [6, 6.07) is 13.1. The van der Waals surface area contributed by atoms with Crippen LogP contribution in [0.5, 0.6) is 5.75 Å². The highest BCUT2D eigenvalue weighted by Gasteiger charge is 2.34. The van der Waals surface area contributed by atoms with Crippen molar-refractivity contribution in [2.45, 2.75) is 37.9 Å². The van der Waals surface area contributed by atoms with Gasteiger partial charge in [0.2, 0.25) is 5.91 Å². The van der Waals surface area contributed by atoms with Crippen molar-refractivity contribution in [1.29, 1.82) is 0 Å². The Hall–Kier alpha value is -3.33. The lowest BCUT2D eigenvalue weighted by atomic mass is 10.1. The van der Waals surface area contributed by atoms with Gasteiger partial charge in [-0.15, -0.1) is 10.2 Å². The molecule has 9 heteroatoms. The molecule has 1 unspecified atom stereocenters. The normalized spacial score (nSPS) is 15.4. The van der Waals surface area contributed by atoms with Crippen molar-refractivity contribution < 1.29 is 14.3 Å². The van der Waals surface area contributed by atoms with Crippen LogP contribution >= 0.6 is 11.8 Å². The van der Waals surface area contributed by atoms with Crippen molar-refractivity contribution in [3.8, 4) is 5.75 Å². The van der Waals surface area contributed by atoms with E-state index in [1.54, 1.807) is 7.11 Å². The molecular formula is C25H29N5O3S. The van der Waals surface area contributed by atoms with Gasteiger partial charge in [0, 0.05) is 19.2 Å². The van der Waals surface area contributed by atoms with E-state index < -0.39 is 0 Å². The molecule has 1 N–H and O–H groups in total. The number of methoxy groups -OCH3 is 1. The van der Waals surface area contributed by atoms with E-state index in [-0.39, 0.29) is 23.6 Å². The van der Waals surface area contributed by atoms with Crippen molar-refractivity contribution in [1.82, 2.24) is 19.7 Å². The third-order valence-corrected chi connectivity index (χ3v) is 6.96. The third kappa shape index (κ3) is 5.09. The smallest absolute Gasteiger partial charge is 0.254 e.